The number of thiophene rings is 1. The Morgan fingerprint density at radius 1 is 1.46 bits per heavy atom. The quantitative estimate of drug-likeness (QED) is 0.842. The van der Waals surface area contributed by atoms with E-state index < -0.39 is 0 Å². The van der Waals surface area contributed by atoms with Gasteiger partial charge in [0.05, 0.1) is 6.54 Å². The second-order valence-corrected chi connectivity index (χ2v) is 4.47. The largest absolute Gasteiger partial charge is 0.378 e. The Labute approximate surface area is 85.3 Å². The molecule has 2 aromatic rings. The third-order valence-corrected chi connectivity index (χ3v) is 3.28. The molecule has 4 heteroatoms. The molecule has 0 aliphatic rings. The number of aromatic nitrogens is 1. The van der Waals surface area contributed by atoms with Crippen molar-refractivity contribution in [2.75, 3.05) is 5.32 Å². The summed E-state index contributed by atoms with van der Waals surface area (Å²) in [5.74, 6) is 0. The lowest BCUT2D eigenvalue weighted by Crippen LogP contribution is -1.97. The lowest BCUT2D eigenvalue weighted by atomic mass is 10.5. The van der Waals surface area contributed by atoms with Gasteiger partial charge in [-0.25, -0.2) is 4.98 Å². The lowest BCUT2D eigenvalue weighted by Gasteiger charge is -1.98. The molecule has 0 saturated carbocycles. The van der Waals surface area contributed by atoms with E-state index in [1.54, 1.807) is 22.7 Å². The van der Waals surface area contributed by atoms with Gasteiger partial charge in [-0.3, -0.25) is 0 Å². The Balaban J connectivity index is 1.93. The molecule has 13 heavy (non-hydrogen) atoms. The van der Waals surface area contributed by atoms with Crippen LogP contribution in [0.2, 0.25) is 0 Å². The third-order valence-electron chi connectivity index (χ3n) is 1.63. The van der Waals surface area contributed by atoms with E-state index in [1.807, 2.05) is 6.92 Å². The molecule has 0 unspecified atom stereocenters. The third kappa shape index (κ3) is 2.29. The van der Waals surface area contributed by atoms with Crippen LogP contribution in [0.25, 0.3) is 0 Å². The number of hydrogen-bond acceptors (Lipinski definition) is 4. The van der Waals surface area contributed by atoms with Gasteiger partial charge in [0.25, 0.3) is 0 Å². The van der Waals surface area contributed by atoms with Gasteiger partial charge >= 0.3 is 0 Å². The van der Waals surface area contributed by atoms with E-state index in [4.69, 9.17) is 0 Å². The number of aryl methyl sites for hydroxylation is 1. The molecule has 0 spiro atoms. The van der Waals surface area contributed by atoms with Crippen LogP contribution < -0.4 is 5.32 Å². The van der Waals surface area contributed by atoms with Crippen molar-refractivity contribution in [1.29, 1.82) is 0 Å². The summed E-state index contributed by atoms with van der Waals surface area (Å²) < 4.78 is 0. The average molecular weight is 210 g/mol. The fourth-order valence-electron chi connectivity index (χ4n) is 1.03. The van der Waals surface area contributed by atoms with Crippen LogP contribution in [0, 0.1) is 6.92 Å². The first-order valence-electron chi connectivity index (χ1n) is 4.01. The number of nitrogens with one attached hydrogen (secondary N) is 1. The van der Waals surface area contributed by atoms with E-state index in [9.17, 15) is 0 Å². The van der Waals surface area contributed by atoms with Gasteiger partial charge in [0.1, 0.15) is 5.01 Å². The average Bonchev–Trinajstić information content (AvgIpc) is 2.71. The first-order valence-corrected chi connectivity index (χ1v) is 5.84. The van der Waals surface area contributed by atoms with Crippen molar-refractivity contribution in [3.8, 4) is 0 Å². The summed E-state index contributed by atoms with van der Waals surface area (Å²) in [6.07, 6.45) is 0. The van der Waals surface area contributed by atoms with Crippen molar-refractivity contribution >= 4 is 28.4 Å². The van der Waals surface area contributed by atoms with Crippen LogP contribution in [-0.4, -0.2) is 4.98 Å². The zero-order valence-corrected chi connectivity index (χ0v) is 8.91. The minimum Gasteiger partial charge on any atom is -0.378 e. The Bertz CT molecular complexity index is 365. The van der Waals surface area contributed by atoms with Crippen LogP contribution in [0.3, 0.4) is 0 Å². The number of hydrogen-bond donors (Lipinski definition) is 1. The van der Waals surface area contributed by atoms with Gasteiger partial charge in [-0.15, -0.1) is 11.3 Å². The van der Waals surface area contributed by atoms with Crippen LogP contribution >= 0.6 is 22.7 Å². The molecule has 0 bridgehead atoms. The van der Waals surface area contributed by atoms with Gasteiger partial charge in [0, 0.05) is 22.1 Å². The molecule has 2 nitrogen and oxygen atoms in total. The first-order chi connectivity index (χ1) is 6.34. The van der Waals surface area contributed by atoms with Gasteiger partial charge in [-0.05, 0) is 18.4 Å². The SMILES string of the molecule is Cc1csc(CNc2ccsc2)n1. The Morgan fingerprint density at radius 3 is 3.00 bits per heavy atom. The molecule has 0 atom stereocenters. The molecular formula is C9H10N2S2. The Kier molecular flexibility index (Phi) is 2.61. The van der Waals surface area contributed by atoms with E-state index in [0.29, 0.717) is 0 Å². The molecule has 0 aromatic carbocycles. The van der Waals surface area contributed by atoms with Crippen LogP contribution in [0.1, 0.15) is 10.7 Å². The summed E-state index contributed by atoms with van der Waals surface area (Å²) in [7, 11) is 0. The molecular weight excluding hydrogens is 200 g/mol. The molecule has 0 radical (unpaired) electrons. The standard InChI is InChI=1S/C9H10N2S2/c1-7-5-13-9(11-7)4-10-8-2-3-12-6-8/h2-3,5-6,10H,4H2,1H3. The van der Waals surface area contributed by atoms with E-state index in [-0.39, 0.29) is 0 Å². The minimum absolute atomic E-state index is 0.829. The number of rotatable bonds is 3. The van der Waals surface area contributed by atoms with Crippen molar-refractivity contribution in [3.63, 3.8) is 0 Å². The highest BCUT2D eigenvalue weighted by molar-refractivity contribution is 7.09. The Hall–Kier alpha value is -0.870. The highest BCUT2D eigenvalue weighted by Crippen LogP contribution is 2.15. The van der Waals surface area contributed by atoms with E-state index in [2.05, 4.69) is 32.5 Å². The predicted molar refractivity (Wildman–Crippen MR) is 58.5 cm³/mol. The van der Waals surface area contributed by atoms with Crippen LogP contribution in [-0.2, 0) is 6.54 Å². The molecule has 2 rings (SSSR count). The molecule has 0 aliphatic heterocycles. The molecule has 0 aliphatic carbocycles. The summed E-state index contributed by atoms with van der Waals surface area (Å²) in [5, 5.41) is 10.7. The monoisotopic (exact) mass is 210 g/mol. The molecule has 1 N–H and O–H groups in total. The van der Waals surface area contributed by atoms with Crippen LogP contribution in [0.4, 0.5) is 5.69 Å². The maximum Gasteiger partial charge on any atom is 0.112 e. The highest BCUT2D eigenvalue weighted by atomic mass is 32.1. The second kappa shape index (κ2) is 3.89. The molecule has 0 amide bonds. The maximum atomic E-state index is 4.37. The predicted octanol–water partition coefficient (Wildman–Crippen LogP) is 3.13. The molecule has 0 fully saturated rings. The number of thiazole rings is 1. The topological polar surface area (TPSA) is 24.9 Å². The maximum absolute atomic E-state index is 4.37. The number of anilines is 1. The summed E-state index contributed by atoms with van der Waals surface area (Å²) in [6, 6.07) is 2.07. The smallest absolute Gasteiger partial charge is 0.112 e. The van der Waals surface area contributed by atoms with Gasteiger partial charge in [0.2, 0.25) is 0 Å². The van der Waals surface area contributed by atoms with Crippen molar-refractivity contribution in [1.82, 2.24) is 4.98 Å². The van der Waals surface area contributed by atoms with Crippen molar-refractivity contribution in [2.24, 2.45) is 0 Å². The van der Waals surface area contributed by atoms with Crippen LogP contribution in [0.5, 0.6) is 0 Å². The van der Waals surface area contributed by atoms with Crippen molar-refractivity contribution in [2.45, 2.75) is 13.5 Å². The fraction of sp³-hybridized carbons (Fsp3) is 0.222. The molecule has 68 valence electrons. The molecule has 2 heterocycles. The zero-order valence-electron chi connectivity index (χ0n) is 7.28. The van der Waals surface area contributed by atoms with Gasteiger partial charge in [-0.1, -0.05) is 0 Å². The summed E-state index contributed by atoms with van der Waals surface area (Å²) in [4.78, 5) is 4.37. The lowest BCUT2D eigenvalue weighted by molar-refractivity contribution is 1.08. The molecule has 0 saturated heterocycles. The van der Waals surface area contributed by atoms with E-state index in [0.717, 1.165) is 17.2 Å². The zero-order chi connectivity index (χ0) is 9.10. The highest BCUT2D eigenvalue weighted by Gasteiger charge is 1.97. The number of nitrogens with zero attached hydrogens (tertiary/aromatic N) is 1. The Morgan fingerprint density at radius 2 is 2.38 bits per heavy atom. The van der Waals surface area contributed by atoms with Gasteiger partial charge in [-0.2, -0.15) is 11.3 Å². The van der Waals surface area contributed by atoms with Crippen molar-refractivity contribution < 1.29 is 0 Å². The fourth-order valence-corrected chi connectivity index (χ4v) is 2.35. The minimum atomic E-state index is 0.829. The summed E-state index contributed by atoms with van der Waals surface area (Å²) >= 11 is 3.40. The molecule has 2 aromatic heterocycles. The first kappa shape index (κ1) is 8.72. The van der Waals surface area contributed by atoms with Crippen LogP contribution in [0.15, 0.2) is 22.2 Å². The second-order valence-electron chi connectivity index (χ2n) is 2.75. The van der Waals surface area contributed by atoms with Gasteiger partial charge in [0.15, 0.2) is 0 Å². The van der Waals surface area contributed by atoms with E-state index in [1.165, 1.54) is 5.69 Å². The normalized spacial score (nSPS) is 10.2. The van der Waals surface area contributed by atoms with Crippen molar-refractivity contribution in [3.05, 3.63) is 32.9 Å². The van der Waals surface area contributed by atoms with Gasteiger partial charge < -0.3 is 5.32 Å². The van der Waals surface area contributed by atoms with E-state index >= 15 is 0 Å². The summed E-state index contributed by atoms with van der Waals surface area (Å²) in [6.45, 7) is 2.85. The summed E-state index contributed by atoms with van der Waals surface area (Å²) in [5.41, 5.74) is 2.28.